The third kappa shape index (κ3) is 2.63. The molecule has 2 unspecified atom stereocenters. The summed E-state index contributed by atoms with van der Waals surface area (Å²) in [7, 11) is 0. The lowest BCUT2D eigenvalue weighted by Crippen LogP contribution is -2.34. The highest BCUT2D eigenvalue weighted by molar-refractivity contribution is 5.37. The van der Waals surface area contributed by atoms with Crippen LogP contribution in [0.1, 0.15) is 45.1 Å². The Morgan fingerprint density at radius 1 is 1.41 bits per heavy atom. The topological polar surface area (TPSA) is 29.5 Å². The van der Waals surface area contributed by atoms with Crippen LogP contribution in [0.3, 0.4) is 0 Å². The van der Waals surface area contributed by atoms with Gasteiger partial charge in [0.1, 0.15) is 5.75 Å². The quantitative estimate of drug-likeness (QED) is 0.869. The maximum atomic E-state index is 10.4. The molecule has 0 amide bonds. The average molecular weight is 234 g/mol. The van der Waals surface area contributed by atoms with Crippen molar-refractivity contribution in [2.75, 3.05) is 6.61 Å². The summed E-state index contributed by atoms with van der Waals surface area (Å²) in [5.74, 6) is 1.68. The Balaban J connectivity index is 2.19. The van der Waals surface area contributed by atoms with Crippen molar-refractivity contribution in [3.05, 3.63) is 29.8 Å². The third-order valence-corrected chi connectivity index (χ3v) is 3.99. The summed E-state index contributed by atoms with van der Waals surface area (Å²) in [4.78, 5) is 0. The first-order valence-electron chi connectivity index (χ1n) is 6.45. The maximum Gasteiger partial charge on any atom is 0.122 e. The minimum Gasteiger partial charge on any atom is -0.493 e. The van der Waals surface area contributed by atoms with Crippen molar-refractivity contribution in [1.82, 2.24) is 0 Å². The molecule has 0 aromatic heterocycles. The maximum absolute atomic E-state index is 10.4. The fraction of sp³-hybridized carbons (Fsp3) is 0.600. The van der Waals surface area contributed by atoms with Gasteiger partial charge in [-0.15, -0.1) is 0 Å². The molecule has 2 rings (SSSR count). The Morgan fingerprint density at radius 3 is 2.82 bits per heavy atom. The molecule has 1 N–H and O–H groups in total. The van der Waals surface area contributed by atoms with Crippen molar-refractivity contribution < 1.29 is 9.84 Å². The van der Waals surface area contributed by atoms with Gasteiger partial charge in [0.2, 0.25) is 0 Å². The molecule has 94 valence electrons. The largest absolute Gasteiger partial charge is 0.493 e. The van der Waals surface area contributed by atoms with Gasteiger partial charge in [-0.3, -0.25) is 0 Å². The van der Waals surface area contributed by atoms with Crippen molar-refractivity contribution in [2.45, 2.75) is 45.1 Å². The Kier molecular flexibility index (Phi) is 3.43. The van der Waals surface area contributed by atoms with Gasteiger partial charge in [-0.25, -0.2) is 0 Å². The van der Waals surface area contributed by atoms with E-state index in [0.717, 1.165) is 25.2 Å². The zero-order valence-corrected chi connectivity index (χ0v) is 10.9. The second-order valence-electron chi connectivity index (χ2n) is 5.59. The summed E-state index contributed by atoms with van der Waals surface area (Å²) >= 11 is 0. The van der Waals surface area contributed by atoms with E-state index in [9.17, 15) is 5.11 Å². The molecule has 1 aliphatic rings. The van der Waals surface area contributed by atoms with Gasteiger partial charge < -0.3 is 9.84 Å². The molecule has 1 aromatic carbocycles. The normalized spacial score (nSPS) is 22.8. The summed E-state index contributed by atoms with van der Waals surface area (Å²) in [6.07, 6.45) is 1.81. The van der Waals surface area contributed by atoms with Gasteiger partial charge in [-0.05, 0) is 43.2 Å². The zero-order chi connectivity index (χ0) is 12.5. The highest BCUT2D eigenvalue weighted by atomic mass is 16.5. The number of benzene rings is 1. The lowest BCUT2D eigenvalue weighted by molar-refractivity contribution is -0.00427. The number of hydrogen-bond donors (Lipinski definition) is 1. The van der Waals surface area contributed by atoms with Crippen molar-refractivity contribution in [3.8, 4) is 5.75 Å². The number of fused-ring (bicyclic) bond motifs is 1. The first-order valence-corrected chi connectivity index (χ1v) is 6.45. The van der Waals surface area contributed by atoms with E-state index in [1.54, 1.807) is 0 Å². The van der Waals surface area contributed by atoms with Gasteiger partial charge >= 0.3 is 0 Å². The van der Waals surface area contributed by atoms with E-state index in [0.29, 0.717) is 5.92 Å². The van der Waals surface area contributed by atoms with Crippen molar-refractivity contribution >= 4 is 0 Å². The van der Waals surface area contributed by atoms with E-state index in [1.807, 2.05) is 25.1 Å². The molecule has 1 heterocycles. The highest BCUT2D eigenvalue weighted by Crippen LogP contribution is 2.39. The molecule has 17 heavy (non-hydrogen) atoms. The van der Waals surface area contributed by atoms with Gasteiger partial charge in [0.25, 0.3) is 0 Å². The molecular weight excluding hydrogens is 212 g/mol. The van der Waals surface area contributed by atoms with E-state index in [4.69, 9.17) is 4.74 Å². The summed E-state index contributed by atoms with van der Waals surface area (Å²) in [5.41, 5.74) is 0.648. The predicted molar refractivity (Wildman–Crippen MR) is 69.4 cm³/mol. The van der Waals surface area contributed by atoms with E-state index in [1.165, 1.54) is 5.56 Å². The highest BCUT2D eigenvalue weighted by Gasteiger charge is 2.32. The fourth-order valence-electron chi connectivity index (χ4n) is 2.36. The van der Waals surface area contributed by atoms with Crippen molar-refractivity contribution in [1.29, 1.82) is 0 Å². The van der Waals surface area contributed by atoms with Gasteiger partial charge in [0.15, 0.2) is 0 Å². The second-order valence-corrected chi connectivity index (χ2v) is 5.59. The molecule has 0 bridgehead atoms. The van der Waals surface area contributed by atoms with Crippen LogP contribution < -0.4 is 4.74 Å². The Bertz CT molecular complexity index is 382. The average Bonchev–Trinajstić information content (AvgIpc) is 2.29. The van der Waals surface area contributed by atoms with E-state index in [-0.39, 0.29) is 5.92 Å². The van der Waals surface area contributed by atoms with Crippen LogP contribution in [0, 0.1) is 5.92 Å². The first-order chi connectivity index (χ1) is 8.00. The van der Waals surface area contributed by atoms with E-state index < -0.39 is 5.60 Å². The van der Waals surface area contributed by atoms with Gasteiger partial charge in [0.05, 0.1) is 12.2 Å². The summed E-state index contributed by atoms with van der Waals surface area (Å²) in [6.45, 7) is 6.85. The van der Waals surface area contributed by atoms with Crippen LogP contribution in [0.25, 0.3) is 0 Å². The molecule has 0 radical (unpaired) electrons. The summed E-state index contributed by atoms with van der Waals surface area (Å²) < 4.78 is 5.65. The molecule has 0 saturated heterocycles. The number of ether oxygens (including phenoxy) is 1. The Labute approximate surface area is 104 Å². The first kappa shape index (κ1) is 12.4. The lowest BCUT2D eigenvalue weighted by atomic mass is 9.79. The molecule has 0 saturated carbocycles. The zero-order valence-electron chi connectivity index (χ0n) is 10.9. The fourth-order valence-corrected chi connectivity index (χ4v) is 2.36. The molecule has 1 aromatic rings. The summed E-state index contributed by atoms with van der Waals surface area (Å²) in [5, 5.41) is 10.4. The molecular formula is C15H22O2. The molecule has 2 nitrogen and oxygen atoms in total. The van der Waals surface area contributed by atoms with Gasteiger partial charge in [0, 0.05) is 0 Å². The number of hydrogen-bond acceptors (Lipinski definition) is 2. The molecule has 0 spiro atoms. The Hall–Kier alpha value is -1.02. The van der Waals surface area contributed by atoms with Gasteiger partial charge in [-0.2, -0.15) is 0 Å². The number of rotatable bonds is 3. The Morgan fingerprint density at radius 2 is 2.12 bits per heavy atom. The predicted octanol–water partition coefficient (Wildman–Crippen LogP) is 3.35. The second kappa shape index (κ2) is 4.69. The van der Waals surface area contributed by atoms with Gasteiger partial charge in [-0.1, -0.05) is 32.0 Å². The number of aliphatic hydroxyl groups is 1. The smallest absolute Gasteiger partial charge is 0.122 e. The van der Waals surface area contributed by atoms with Crippen molar-refractivity contribution in [3.63, 3.8) is 0 Å². The summed E-state index contributed by atoms with van der Waals surface area (Å²) in [6, 6.07) is 8.19. The van der Waals surface area contributed by atoms with Crippen LogP contribution in [0.15, 0.2) is 24.3 Å². The lowest BCUT2D eigenvalue weighted by Gasteiger charge is -2.34. The monoisotopic (exact) mass is 234 g/mol. The van der Waals surface area contributed by atoms with E-state index in [2.05, 4.69) is 19.9 Å². The van der Waals surface area contributed by atoms with Crippen LogP contribution in [0.4, 0.5) is 0 Å². The van der Waals surface area contributed by atoms with Crippen LogP contribution in [-0.4, -0.2) is 17.3 Å². The minimum atomic E-state index is -0.602. The minimum absolute atomic E-state index is 0.275. The molecule has 2 atom stereocenters. The standard InChI is InChI=1S/C15H22O2/c1-11(2)15(3,16)10-12-8-9-17-14-7-5-4-6-13(12)14/h4-7,11-12,16H,8-10H2,1-3H3. The number of para-hydroxylation sites is 1. The molecule has 0 fully saturated rings. The molecule has 1 aliphatic heterocycles. The SMILES string of the molecule is CC(C)C(C)(O)CC1CCOc2ccccc21. The van der Waals surface area contributed by atoms with Crippen LogP contribution in [0.2, 0.25) is 0 Å². The van der Waals surface area contributed by atoms with Crippen molar-refractivity contribution in [2.24, 2.45) is 5.92 Å². The van der Waals surface area contributed by atoms with Crippen LogP contribution in [-0.2, 0) is 0 Å². The van der Waals surface area contributed by atoms with Crippen LogP contribution in [0.5, 0.6) is 5.75 Å². The molecule has 0 aliphatic carbocycles. The third-order valence-electron chi connectivity index (χ3n) is 3.99. The van der Waals surface area contributed by atoms with Crippen LogP contribution >= 0.6 is 0 Å². The van der Waals surface area contributed by atoms with E-state index >= 15 is 0 Å². The molecule has 2 heteroatoms.